The Hall–Kier alpha value is -3.77. The summed E-state index contributed by atoms with van der Waals surface area (Å²) in [5, 5.41) is 8.89. The molecule has 31 heavy (non-hydrogen) atoms. The summed E-state index contributed by atoms with van der Waals surface area (Å²) in [4.78, 5) is 26.9. The molecule has 0 saturated heterocycles. The van der Waals surface area contributed by atoms with Gasteiger partial charge in [0, 0.05) is 24.2 Å². The molecule has 0 atom stereocenters. The van der Waals surface area contributed by atoms with Crippen molar-refractivity contribution in [1.29, 1.82) is 0 Å². The van der Waals surface area contributed by atoms with Crippen molar-refractivity contribution < 1.29 is 19.2 Å². The monoisotopic (exact) mass is 416 g/mol. The van der Waals surface area contributed by atoms with Crippen LogP contribution >= 0.6 is 0 Å². The second kappa shape index (κ2) is 8.93. The third-order valence-electron chi connectivity index (χ3n) is 5.37. The van der Waals surface area contributed by atoms with E-state index in [9.17, 15) is 14.0 Å². The van der Waals surface area contributed by atoms with Gasteiger partial charge in [0.1, 0.15) is 5.82 Å². The first kappa shape index (κ1) is 20.5. The fourth-order valence-corrected chi connectivity index (χ4v) is 3.76. The number of carbonyl (C=O) groups is 2. The first-order valence-electron chi connectivity index (χ1n) is 9.94. The Morgan fingerprint density at radius 1 is 0.968 bits per heavy atom. The zero-order chi connectivity index (χ0) is 21.8. The van der Waals surface area contributed by atoms with Gasteiger partial charge in [-0.15, -0.1) is 0 Å². The van der Waals surface area contributed by atoms with Crippen LogP contribution in [0.2, 0.25) is 0 Å². The van der Waals surface area contributed by atoms with E-state index in [0.717, 1.165) is 16.7 Å². The molecule has 0 aliphatic carbocycles. The summed E-state index contributed by atoms with van der Waals surface area (Å²) in [6.07, 6.45) is 2.32. The molecule has 1 heterocycles. The number of hydroxylamine groups is 1. The van der Waals surface area contributed by atoms with Gasteiger partial charge in [0.2, 0.25) is 0 Å². The van der Waals surface area contributed by atoms with E-state index in [2.05, 4.69) is 0 Å². The van der Waals surface area contributed by atoms with Crippen LogP contribution in [0.5, 0.6) is 0 Å². The minimum atomic E-state index is -0.609. The molecule has 0 spiro atoms. The van der Waals surface area contributed by atoms with Gasteiger partial charge in [-0.1, -0.05) is 54.6 Å². The number of benzene rings is 3. The molecule has 3 aromatic carbocycles. The summed E-state index contributed by atoms with van der Waals surface area (Å²) < 4.78 is 14.6. The van der Waals surface area contributed by atoms with E-state index in [0.29, 0.717) is 25.1 Å². The van der Waals surface area contributed by atoms with Gasteiger partial charge < -0.3 is 4.90 Å². The Morgan fingerprint density at radius 2 is 1.71 bits per heavy atom. The molecular formula is C25H21FN2O3. The highest BCUT2D eigenvalue weighted by molar-refractivity contribution is 6.24. The summed E-state index contributed by atoms with van der Waals surface area (Å²) in [7, 11) is 0. The smallest absolute Gasteiger partial charge is 0.274 e. The summed E-state index contributed by atoms with van der Waals surface area (Å²) >= 11 is 0. The van der Waals surface area contributed by atoms with Crippen molar-refractivity contribution in [2.24, 2.45) is 0 Å². The zero-order valence-corrected chi connectivity index (χ0v) is 16.7. The van der Waals surface area contributed by atoms with E-state index in [1.54, 1.807) is 46.8 Å². The summed E-state index contributed by atoms with van der Waals surface area (Å²) in [5.74, 6) is -1.35. The molecule has 1 aliphatic rings. The minimum absolute atomic E-state index is 0.246. The van der Waals surface area contributed by atoms with Gasteiger partial charge in [-0.3, -0.25) is 14.8 Å². The van der Waals surface area contributed by atoms with Gasteiger partial charge in [-0.05, 0) is 47.4 Å². The first-order chi connectivity index (χ1) is 15.1. The number of nitrogens with zero attached hydrogens (tertiary/aromatic N) is 1. The second-order valence-corrected chi connectivity index (χ2v) is 7.35. The first-order valence-corrected chi connectivity index (χ1v) is 9.94. The molecule has 3 aromatic rings. The van der Waals surface area contributed by atoms with Crippen molar-refractivity contribution in [3.8, 4) is 0 Å². The molecule has 2 N–H and O–H groups in total. The van der Waals surface area contributed by atoms with Crippen LogP contribution < -0.4 is 5.48 Å². The number of nitrogens with one attached hydrogen (secondary N) is 1. The Morgan fingerprint density at radius 3 is 2.45 bits per heavy atom. The van der Waals surface area contributed by atoms with Crippen LogP contribution in [0.15, 0.2) is 72.8 Å². The Labute approximate surface area is 179 Å². The van der Waals surface area contributed by atoms with Crippen LogP contribution in [0.25, 0.3) is 11.6 Å². The van der Waals surface area contributed by atoms with Crippen molar-refractivity contribution in [2.75, 3.05) is 6.54 Å². The number of hydrogen-bond acceptors (Lipinski definition) is 3. The van der Waals surface area contributed by atoms with Gasteiger partial charge in [0.15, 0.2) is 0 Å². The molecule has 0 fully saturated rings. The lowest BCUT2D eigenvalue weighted by Gasteiger charge is -2.30. The highest BCUT2D eigenvalue weighted by Gasteiger charge is 2.26. The fourth-order valence-electron chi connectivity index (χ4n) is 3.76. The standard InChI is InChI=1S/C25H21FN2O3/c26-23-9-5-4-8-21(23)22(14-17-6-2-1-3-7-17)25(30)28-13-12-18-10-11-19(24(29)27-31)15-20(18)16-28/h1-11,14-15,31H,12-13,16H2,(H,27,29). The molecule has 1 aliphatic heterocycles. The molecule has 0 radical (unpaired) electrons. The third kappa shape index (κ3) is 4.39. The maximum atomic E-state index is 14.6. The van der Waals surface area contributed by atoms with Crippen LogP contribution in [0.1, 0.15) is 32.6 Å². The van der Waals surface area contributed by atoms with Crippen LogP contribution in [0, 0.1) is 5.82 Å². The number of halogens is 1. The van der Waals surface area contributed by atoms with E-state index in [-0.39, 0.29) is 17.0 Å². The normalized spacial score (nSPS) is 13.5. The number of hydrogen-bond donors (Lipinski definition) is 2. The van der Waals surface area contributed by atoms with E-state index in [1.807, 2.05) is 36.4 Å². The maximum Gasteiger partial charge on any atom is 0.274 e. The molecule has 0 unspecified atom stereocenters. The molecule has 0 aromatic heterocycles. The van der Waals surface area contributed by atoms with Gasteiger partial charge in [-0.25, -0.2) is 9.87 Å². The molecule has 0 saturated carbocycles. The average molecular weight is 416 g/mol. The number of fused-ring (bicyclic) bond motifs is 1. The van der Waals surface area contributed by atoms with Crippen LogP contribution in [-0.2, 0) is 17.8 Å². The molecule has 0 bridgehead atoms. The van der Waals surface area contributed by atoms with E-state index in [4.69, 9.17) is 5.21 Å². The number of amides is 2. The van der Waals surface area contributed by atoms with Crippen molar-refractivity contribution in [3.05, 3.63) is 106 Å². The van der Waals surface area contributed by atoms with Crippen molar-refractivity contribution >= 4 is 23.5 Å². The summed E-state index contributed by atoms with van der Waals surface area (Å²) in [6.45, 7) is 0.777. The summed E-state index contributed by atoms with van der Waals surface area (Å²) in [6, 6.07) is 20.7. The van der Waals surface area contributed by atoms with Crippen LogP contribution in [0.3, 0.4) is 0 Å². The molecule has 2 amide bonds. The average Bonchev–Trinajstić information content (AvgIpc) is 2.82. The largest absolute Gasteiger partial charge is 0.334 e. The van der Waals surface area contributed by atoms with E-state index in [1.165, 1.54) is 6.07 Å². The third-order valence-corrected chi connectivity index (χ3v) is 5.37. The molecule has 6 heteroatoms. The highest BCUT2D eigenvalue weighted by atomic mass is 19.1. The molecule has 5 nitrogen and oxygen atoms in total. The lowest BCUT2D eigenvalue weighted by Crippen LogP contribution is -2.36. The van der Waals surface area contributed by atoms with Crippen LogP contribution in [0.4, 0.5) is 4.39 Å². The Kier molecular flexibility index (Phi) is 5.91. The van der Waals surface area contributed by atoms with Gasteiger partial charge in [0.05, 0.1) is 5.57 Å². The van der Waals surface area contributed by atoms with Crippen molar-refractivity contribution in [1.82, 2.24) is 10.4 Å². The number of carbonyl (C=O) groups excluding carboxylic acids is 2. The Balaban J connectivity index is 1.69. The zero-order valence-electron chi connectivity index (χ0n) is 16.7. The van der Waals surface area contributed by atoms with E-state index < -0.39 is 11.7 Å². The SMILES string of the molecule is O=C(NO)c1ccc2c(c1)CN(C(=O)C(=Cc1ccccc1)c1ccccc1F)CC2. The number of rotatable bonds is 4. The predicted molar refractivity (Wildman–Crippen MR) is 116 cm³/mol. The van der Waals surface area contributed by atoms with Crippen molar-refractivity contribution in [3.63, 3.8) is 0 Å². The van der Waals surface area contributed by atoms with Gasteiger partial charge in [0.25, 0.3) is 11.8 Å². The topological polar surface area (TPSA) is 69.6 Å². The maximum absolute atomic E-state index is 14.6. The van der Waals surface area contributed by atoms with Crippen molar-refractivity contribution in [2.45, 2.75) is 13.0 Å². The van der Waals surface area contributed by atoms with Crippen LogP contribution in [-0.4, -0.2) is 28.5 Å². The molecule has 4 rings (SSSR count). The second-order valence-electron chi connectivity index (χ2n) is 7.35. The fraction of sp³-hybridized carbons (Fsp3) is 0.120. The van der Waals surface area contributed by atoms with Gasteiger partial charge in [-0.2, -0.15) is 0 Å². The highest BCUT2D eigenvalue weighted by Crippen LogP contribution is 2.27. The van der Waals surface area contributed by atoms with E-state index >= 15 is 0 Å². The lowest BCUT2D eigenvalue weighted by atomic mass is 9.95. The molecular weight excluding hydrogens is 395 g/mol. The predicted octanol–water partition coefficient (Wildman–Crippen LogP) is 4.07. The molecule has 156 valence electrons. The quantitative estimate of drug-likeness (QED) is 0.292. The summed E-state index contributed by atoms with van der Waals surface area (Å²) in [5.41, 5.74) is 5.12. The van der Waals surface area contributed by atoms with Gasteiger partial charge >= 0.3 is 0 Å². The lowest BCUT2D eigenvalue weighted by molar-refractivity contribution is -0.125. The minimum Gasteiger partial charge on any atom is -0.334 e. The Bertz CT molecular complexity index is 1160.